The van der Waals surface area contributed by atoms with Gasteiger partial charge in [0.25, 0.3) is 5.91 Å². The van der Waals surface area contributed by atoms with Gasteiger partial charge in [-0.1, -0.05) is 17.7 Å². The number of hydrogen-bond acceptors (Lipinski definition) is 5. The van der Waals surface area contributed by atoms with Gasteiger partial charge in [-0.05, 0) is 51.8 Å². The van der Waals surface area contributed by atoms with Crippen molar-refractivity contribution in [1.82, 2.24) is 5.43 Å². The molecular formula is C16H14BrClN2O4. The number of phenolic OH excluding ortho intramolecular Hbond substituents is 1. The van der Waals surface area contributed by atoms with E-state index in [0.29, 0.717) is 26.6 Å². The van der Waals surface area contributed by atoms with Crippen molar-refractivity contribution in [3.05, 3.63) is 51.5 Å². The van der Waals surface area contributed by atoms with Crippen LogP contribution in [0.1, 0.15) is 5.56 Å². The second-order valence-corrected chi connectivity index (χ2v) is 5.88. The molecule has 0 atom stereocenters. The average Bonchev–Trinajstić information content (AvgIpc) is 2.56. The molecule has 0 bridgehead atoms. The van der Waals surface area contributed by atoms with E-state index in [1.807, 2.05) is 0 Å². The zero-order valence-electron chi connectivity index (χ0n) is 12.6. The van der Waals surface area contributed by atoms with E-state index in [-0.39, 0.29) is 12.4 Å². The van der Waals surface area contributed by atoms with E-state index in [2.05, 4.69) is 26.5 Å². The van der Waals surface area contributed by atoms with Crippen LogP contribution < -0.4 is 14.9 Å². The van der Waals surface area contributed by atoms with Crippen LogP contribution in [0.3, 0.4) is 0 Å². The first-order valence-electron chi connectivity index (χ1n) is 6.76. The van der Waals surface area contributed by atoms with Gasteiger partial charge in [-0.25, -0.2) is 5.43 Å². The maximum absolute atomic E-state index is 11.7. The number of phenols is 1. The van der Waals surface area contributed by atoms with Crippen LogP contribution in [-0.2, 0) is 4.79 Å². The number of carbonyl (C=O) groups is 1. The maximum Gasteiger partial charge on any atom is 0.277 e. The van der Waals surface area contributed by atoms with Crippen LogP contribution in [0.25, 0.3) is 0 Å². The summed E-state index contributed by atoms with van der Waals surface area (Å²) in [6.45, 7) is -0.194. The molecule has 0 aliphatic heterocycles. The topological polar surface area (TPSA) is 80.2 Å². The van der Waals surface area contributed by atoms with Crippen molar-refractivity contribution in [2.24, 2.45) is 5.10 Å². The summed E-state index contributed by atoms with van der Waals surface area (Å²) in [5.74, 6) is 0.361. The first-order valence-corrected chi connectivity index (χ1v) is 7.93. The largest absolute Gasteiger partial charge is 0.503 e. The van der Waals surface area contributed by atoms with Crippen molar-refractivity contribution in [2.75, 3.05) is 13.7 Å². The molecule has 6 nitrogen and oxygen atoms in total. The van der Waals surface area contributed by atoms with Crippen LogP contribution in [0.5, 0.6) is 17.2 Å². The monoisotopic (exact) mass is 412 g/mol. The molecule has 0 aliphatic carbocycles. The lowest BCUT2D eigenvalue weighted by Crippen LogP contribution is -2.24. The van der Waals surface area contributed by atoms with Gasteiger partial charge in [-0.15, -0.1) is 0 Å². The number of amides is 1. The van der Waals surface area contributed by atoms with E-state index < -0.39 is 5.91 Å². The van der Waals surface area contributed by atoms with Crippen molar-refractivity contribution < 1.29 is 19.4 Å². The minimum absolute atomic E-state index is 0.00592. The zero-order chi connectivity index (χ0) is 17.5. The molecule has 0 fully saturated rings. The normalized spacial score (nSPS) is 10.6. The first kappa shape index (κ1) is 18.1. The predicted octanol–water partition coefficient (Wildman–Crippen LogP) is 3.35. The molecule has 0 unspecified atom stereocenters. The van der Waals surface area contributed by atoms with Crippen LogP contribution in [0.4, 0.5) is 0 Å². The van der Waals surface area contributed by atoms with E-state index in [0.717, 1.165) is 0 Å². The van der Waals surface area contributed by atoms with E-state index in [4.69, 9.17) is 21.1 Å². The van der Waals surface area contributed by atoms with Gasteiger partial charge in [0, 0.05) is 5.02 Å². The Hall–Kier alpha value is -2.25. The van der Waals surface area contributed by atoms with Gasteiger partial charge in [0.1, 0.15) is 5.75 Å². The average molecular weight is 414 g/mol. The van der Waals surface area contributed by atoms with E-state index in [9.17, 15) is 9.90 Å². The second kappa shape index (κ2) is 8.56. The minimum atomic E-state index is -0.420. The molecule has 0 radical (unpaired) electrons. The van der Waals surface area contributed by atoms with Crippen molar-refractivity contribution in [3.8, 4) is 17.2 Å². The van der Waals surface area contributed by atoms with Crippen LogP contribution in [-0.4, -0.2) is 30.9 Å². The summed E-state index contributed by atoms with van der Waals surface area (Å²) in [6.07, 6.45) is 1.42. The number of hydrazone groups is 1. The molecule has 8 heteroatoms. The highest BCUT2D eigenvalue weighted by atomic mass is 79.9. The standard InChI is InChI=1S/C16H14BrClN2O4/c1-23-14-6-10(5-13(17)16(14)22)8-19-20-15(21)9-24-12-4-2-3-11(18)7-12/h2-8,22H,9H2,1H3,(H,20,21)/b19-8-. The fourth-order valence-electron chi connectivity index (χ4n) is 1.74. The Kier molecular flexibility index (Phi) is 6.45. The molecular weight excluding hydrogens is 400 g/mol. The summed E-state index contributed by atoms with van der Waals surface area (Å²) in [4.78, 5) is 11.7. The van der Waals surface area contributed by atoms with Gasteiger partial charge in [0.15, 0.2) is 18.1 Å². The van der Waals surface area contributed by atoms with E-state index in [1.54, 1.807) is 36.4 Å². The minimum Gasteiger partial charge on any atom is -0.503 e. The molecule has 0 spiro atoms. The number of methoxy groups -OCH3 is 1. The lowest BCUT2D eigenvalue weighted by molar-refractivity contribution is -0.123. The summed E-state index contributed by atoms with van der Waals surface area (Å²) in [7, 11) is 1.44. The second-order valence-electron chi connectivity index (χ2n) is 4.59. The summed E-state index contributed by atoms with van der Waals surface area (Å²) in [5.41, 5.74) is 2.97. The molecule has 0 heterocycles. The molecule has 0 aliphatic rings. The fraction of sp³-hybridized carbons (Fsp3) is 0.125. The Morgan fingerprint density at radius 1 is 1.42 bits per heavy atom. The van der Waals surface area contributed by atoms with Crippen LogP contribution in [0, 0.1) is 0 Å². The molecule has 24 heavy (non-hydrogen) atoms. The van der Waals surface area contributed by atoms with Gasteiger partial charge >= 0.3 is 0 Å². The molecule has 0 aromatic heterocycles. The third-order valence-corrected chi connectivity index (χ3v) is 3.68. The van der Waals surface area contributed by atoms with Crippen molar-refractivity contribution in [3.63, 3.8) is 0 Å². The maximum atomic E-state index is 11.7. The van der Waals surface area contributed by atoms with E-state index in [1.165, 1.54) is 13.3 Å². The molecule has 2 aromatic rings. The molecule has 0 saturated heterocycles. The number of halogens is 2. The molecule has 2 aromatic carbocycles. The van der Waals surface area contributed by atoms with Gasteiger partial charge < -0.3 is 14.6 Å². The number of aromatic hydroxyl groups is 1. The highest BCUT2D eigenvalue weighted by molar-refractivity contribution is 9.10. The lowest BCUT2D eigenvalue weighted by atomic mass is 10.2. The van der Waals surface area contributed by atoms with Crippen molar-refractivity contribution in [1.29, 1.82) is 0 Å². The van der Waals surface area contributed by atoms with E-state index >= 15 is 0 Å². The molecule has 2 N–H and O–H groups in total. The van der Waals surface area contributed by atoms with Gasteiger partial charge in [0.05, 0.1) is 17.8 Å². The van der Waals surface area contributed by atoms with Crippen LogP contribution in [0.15, 0.2) is 46.0 Å². The third-order valence-electron chi connectivity index (χ3n) is 2.84. The quantitative estimate of drug-likeness (QED) is 0.562. The number of rotatable bonds is 6. The van der Waals surface area contributed by atoms with Gasteiger partial charge in [-0.3, -0.25) is 4.79 Å². The highest BCUT2D eigenvalue weighted by Gasteiger charge is 2.07. The number of ether oxygens (including phenoxy) is 2. The number of carbonyl (C=O) groups excluding carboxylic acids is 1. The lowest BCUT2D eigenvalue weighted by Gasteiger charge is -2.06. The fourth-order valence-corrected chi connectivity index (χ4v) is 2.38. The van der Waals surface area contributed by atoms with Gasteiger partial charge in [-0.2, -0.15) is 5.10 Å². The Morgan fingerprint density at radius 2 is 2.21 bits per heavy atom. The summed E-state index contributed by atoms with van der Waals surface area (Å²) >= 11 is 9.03. The SMILES string of the molecule is COc1cc(/C=N\NC(=O)COc2cccc(Cl)c2)cc(Br)c1O. The van der Waals surface area contributed by atoms with Crippen LogP contribution in [0.2, 0.25) is 5.02 Å². The van der Waals surface area contributed by atoms with Crippen molar-refractivity contribution >= 4 is 39.7 Å². The van der Waals surface area contributed by atoms with Crippen molar-refractivity contribution in [2.45, 2.75) is 0 Å². The number of nitrogens with one attached hydrogen (secondary N) is 1. The van der Waals surface area contributed by atoms with Crippen LogP contribution >= 0.6 is 27.5 Å². The Morgan fingerprint density at radius 3 is 2.92 bits per heavy atom. The number of nitrogens with zero attached hydrogens (tertiary/aromatic N) is 1. The Labute approximate surface area is 152 Å². The summed E-state index contributed by atoms with van der Waals surface area (Å²) < 4.78 is 10.8. The number of hydrogen-bond donors (Lipinski definition) is 2. The highest BCUT2D eigenvalue weighted by Crippen LogP contribution is 2.34. The number of benzene rings is 2. The molecule has 0 saturated carbocycles. The third kappa shape index (κ3) is 5.14. The smallest absolute Gasteiger partial charge is 0.277 e. The molecule has 126 valence electrons. The summed E-state index contributed by atoms with van der Waals surface area (Å²) in [6, 6.07) is 9.96. The Balaban J connectivity index is 1.89. The predicted molar refractivity (Wildman–Crippen MR) is 95.0 cm³/mol. The Bertz CT molecular complexity index is 768. The first-order chi connectivity index (χ1) is 11.5. The molecule has 2 rings (SSSR count). The summed E-state index contributed by atoms with van der Waals surface area (Å²) in [5, 5.41) is 14.1. The zero-order valence-corrected chi connectivity index (χ0v) is 15.0. The van der Waals surface area contributed by atoms with Gasteiger partial charge in [0.2, 0.25) is 0 Å². The molecule has 1 amide bonds.